The third-order valence-corrected chi connectivity index (χ3v) is 6.89. The zero-order valence-corrected chi connectivity index (χ0v) is 17.8. The SMILES string of the molecule is Cc1nc(C2(NC(=O)CCn3cnc4sc(C)c(C)c4c3=O)CCCCC2)no1. The second-order valence-electron chi connectivity index (χ2n) is 7.78. The molecule has 0 aromatic carbocycles. The summed E-state index contributed by atoms with van der Waals surface area (Å²) in [7, 11) is 0. The van der Waals surface area contributed by atoms with Gasteiger partial charge in [0.25, 0.3) is 5.56 Å². The van der Waals surface area contributed by atoms with Crippen molar-refractivity contribution in [1.29, 1.82) is 0 Å². The lowest BCUT2D eigenvalue weighted by molar-refractivity contribution is -0.124. The number of fused-ring (bicyclic) bond motifs is 1. The Labute approximate surface area is 172 Å². The highest BCUT2D eigenvalue weighted by Gasteiger charge is 2.39. The molecule has 0 atom stereocenters. The van der Waals surface area contributed by atoms with Crippen molar-refractivity contribution in [2.24, 2.45) is 0 Å². The maximum Gasteiger partial charge on any atom is 0.262 e. The molecule has 0 radical (unpaired) electrons. The number of nitrogens with one attached hydrogen (secondary N) is 1. The molecule has 0 unspecified atom stereocenters. The highest BCUT2D eigenvalue weighted by Crippen LogP contribution is 2.35. The fourth-order valence-electron chi connectivity index (χ4n) is 4.03. The van der Waals surface area contributed by atoms with Crippen molar-refractivity contribution >= 4 is 27.5 Å². The van der Waals surface area contributed by atoms with Crippen LogP contribution in [0.15, 0.2) is 15.6 Å². The van der Waals surface area contributed by atoms with Crippen molar-refractivity contribution in [1.82, 2.24) is 25.0 Å². The van der Waals surface area contributed by atoms with Gasteiger partial charge in [-0.15, -0.1) is 11.3 Å². The molecule has 8 nitrogen and oxygen atoms in total. The molecule has 1 amide bonds. The van der Waals surface area contributed by atoms with E-state index in [1.807, 2.05) is 13.8 Å². The van der Waals surface area contributed by atoms with Crippen LogP contribution in [0.5, 0.6) is 0 Å². The van der Waals surface area contributed by atoms with Crippen LogP contribution in [0.2, 0.25) is 0 Å². The van der Waals surface area contributed by atoms with Gasteiger partial charge in [0.2, 0.25) is 11.8 Å². The van der Waals surface area contributed by atoms with Crippen LogP contribution in [0.3, 0.4) is 0 Å². The van der Waals surface area contributed by atoms with Gasteiger partial charge >= 0.3 is 0 Å². The topological polar surface area (TPSA) is 103 Å². The van der Waals surface area contributed by atoms with Crippen LogP contribution in [0.25, 0.3) is 10.2 Å². The first kappa shape index (κ1) is 19.8. The lowest BCUT2D eigenvalue weighted by Gasteiger charge is -2.35. The zero-order chi connectivity index (χ0) is 20.6. The maximum atomic E-state index is 12.8. The highest BCUT2D eigenvalue weighted by atomic mass is 32.1. The number of carbonyl (C=O) groups excluding carboxylic acids is 1. The number of amides is 1. The van der Waals surface area contributed by atoms with E-state index >= 15 is 0 Å². The summed E-state index contributed by atoms with van der Waals surface area (Å²) in [5, 5.41) is 7.88. The third kappa shape index (κ3) is 3.71. The third-order valence-electron chi connectivity index (χ3n) is 5.78. The van der Waals surface area contributed by atoms with Crippen LogP contribution >= 0.6 is 11.3 Å². The predicted octanol–water partition coefficient (Wildman–Crippen LogP) is 3.13. The lowest BCUT2D eigenvalue weighted by Crippen LogP contribution is -2.48. The number of hydrogen-bond acceptors (Lipinski definition) is 7. The Kier molecular flexibility index (Phi) is 5.24. The monoisotopic (exact) mass is 415 g/mol. The van der Waals surface area contributed by atoms with Crippen molar-refractivity contribution < 1.29 is 9.32 Å². The van der Waals surface area contributed by atoms with Crippen molar-refractivity contribution in [3.8, 4) is 0 Å². The first-order valence-electron chi connectivity index (χ1n) is 9.96. The van der Waals surface area contributed by atoms with Crippen molar-refractivity contribution in [2.45, 2.75) is 71.4 Å². The Morgan fingerprint density at radius 2 is 2.03 bits per heavy atom. The molecule has 1 aliphatic rings. The summed E-state index contributed by atoms with van der Waals surface area (Å²) < 4.78 is 6.68. The van der Waals surface area contributed by atoms with Crippen molar-refractivity contribution in [3.63, 3.8) is 0 Å². The molecule has 9 heteroatoms. The van der Waals surface area contributed by atoms with Gasteiger partial charge in [-0.05, 0) is 32.3 Å². The highest BCUT2D eigenvalue weighted by molar-refractivity contribution is 7.18. The first-order valence-corrected chi connectivity index (χ1v) is 10.8. The minimum atomic E-state index is -0.582. The summed E-state index contributed by atoms with van der Waals surface area (Å²) in [4.78, 5) is 36.2. The molecule has 3 aromatic rings. The minimum Gasteiger partial charge on any atom is -0.343 e. The number of aryl methyl sites for hydroxylation is 4. The molecule has 1 fully saturated rings. The van der Waals surface area contributed by atoms with Gasteiger partial charge in [0.15, 0.2) is 5.82 Å². The molecule has 0 aliphatic heterocycles. The molecule has 3 heterocycles. The van der Waals surface area contributed by atoms with E-state index in [0.717, 1.165) is 47.4 Å². The molecule has 0 spiro atoms. The number of nitrogens with zero attached hydrogens (tertiary/aromatic N) is 4. The standard InChI is InChI=1S/C20H25N5O3S/c1-12-13(2)29-17-16(12)18(27)25(11-21-17)10-7-15(26)23-20(8-5-4-6-9-20)19-22-14(3)28-24-19/h11H,4-10H2,1-3H3,(H,23,26). The van der Waals surface area contributed by atoms with Crippen molar-refractivity contribution in [3.05, 3.63) is 38.8 Å². The maximum absolute atomic E-state index is 12.8. The molecule has 0 saturated heterocycles. The van der Waals surface area contributed by atoms with E-state index in [1.165, 1.54) is 22.2 Å². The molecule has 1 N–H and O–H groups in total. The van der Waals surface area contributed by atoms with Crippen LogP contribution in [-0.2, 0) is 16.9 Å². The van der Waals surface area contributed by atoms with E-state index < -0.39 is 5.54 Å². The molecule has 3 aromatic heterocycles. The number of rotatable bonds is 5. The smallest absolute Gasteiger partial charge is 0.262 e. The number of hydrogen-bond donors (Lipinski definition) is 1. The molecule has 0 bridgehead atoms. The molecule has 1 aliphatic carbocycles. The Bertz CT molecular complexity index is 1110. The molecule has 29 heavy (non-hydrogen) atoms. The van der Waals surface area contributed by atoms with Crippen LogP contribution < -0.4 is 10.9 Å². The fraction of sp³-hybridized carbons (Fsp3) is 0.550. The number of aromatic nitrogens is 4. The van der Waals surface area contributed by atoms with Crippen LogP contribution in [0, 0.1) is 20.8 Å². The normalized spacial score (nSPS) is 16.2. The largest absolute Gasteiger partial charge is 0.343 e. The average molecular weight is 416 g/mol. The zero-order valence-electron chi connectivity index (χ0n) is 16.9. The van der Waals surface area contributed by atoms with Gasteiger partial charge in [-0.2, -0.15) is 4.98 Å². The number of carbonyl (C=O) groups is 1. The predicted molar refractivity (Wildman–Crippen MR) is 110 cm³/mol. The molecule has 1 saturated carbocycles. The summed E-state index contributed by atoms with van der Waals surface area (Å²) in [6.07, 6.45) is 6.45. The van der Waals surface area contributed by atoms with Gasteiger partial charge in [0.1, 0.15) is 10.4 Å². The average Bonchev–Trinajstić information content (AvgIpc) is 3.26. The summed E-state index contributed by atoms with van der Waals surface area (Å²) in [5.74, 6) is 0.916. The summed E-state index contributed by atoms with van der Waals surface area (Å²) in [6, 6.07) is 0. The minimum absolute atomic E-state index is 0.0918. The molecule has 154 valence electrons. The molecular formula is C20H25N5O3S. The Morgan fingerprint density at radius 1 is 1.28 bits per heavy atom. The van der Waals surface area contributed by atoms with E-state index in [-0.39, 0.29) is 24.4 Å². The van der Waals surface area contributed by atoms with Crippen LogP contribution in [0.4, 0.5) is 0 Å². The second kappa shape index (κ2) is 7.70. The van der Waals surface area contributed by atoms with Gasteiger partial charge in [-0.25, -0.2) is 4.98 Å². The van der Waals surface area contributed by atoms with E-state index in [2.05, 4.69) is 20.4 Å². The van der Waals surface area contributed by atoms with E-state index in [1.54, 1.807) is 6.92 Å². The fourth-order valence-corrected chi connectivity index (χ4v) is 5.02. The summed E-state index contributed by atoms with van der Waals surface area (Å²) in [6.45, 7) is 5.96. The van der Waals surface area contributed by atoms with E-state index in [4.69, 9.17) is 4.52 Å². The Morgan fingerprint density at radius 3 is 2.72 bits per heavy atom. The number of thiophene rings is 1. The second-order valence-corrected chi connectivity index (χ2v) is 8.99. The summed E-state index contributed by atoms with van der Waals surface area (Å²) >= 11 is 1.52. The summed E-state index contributed by atoms with van der Waals surface area (Å²) in [5.41, 5.74) is 0.294. The Balaban J connectivity index is 1.51. The molecule has 4 rings (SSSR count). The van der Waals surface area contributed by atoms with Gasteiger partial charge < -0.3 is 9.84 Å². The van der Waals surface area contributed by atoms with Gasteiger partial charge in [-0.3, -0.25) is 14.2 Å². The van der Waals surface area contributed by atoms with Crippen LogP contribution in [0.1, 0.15) is 60.7 Å². The quantitative estimate of drug-likeness (QED) is 0.687. The van der Waals surface area contributed by atoms with E-state index in [9.17, 15) is 9.59 Å². The first-order chi connectivity index (χ1) is 13.9. The van der Waals surface area contributed by atoms with Crippen molar-refractivity contribution in [2.75, 3.05) is 0 Å². The Hall–Kier alpha value is -2.55. The lowest BCUT2D eigenvalue weighted by atomic mass is 9.81. The van der Waals surface area contributed by atoms with Gasteiger partial charge in [0.05, 0.1) is 11.7 Å². The van der Waals surface area contributed by atoms with Crippen LogP contribution in [-0.4, -0.2) is 25.6 Å². The van der Waals surface area contributed by atoms with E-state index in [0.29, 0.717) is 17.1 Å². The van der Waals surface area contributed by atoms with Gasteiger partial charge in [0, 0.05) is 24.8 Å². The van der Waals surface area contributed by atoms with Gasteiger partial charge in [-0.1, -0.05) is 24.4 Å². The molecular weight excluding hydrogens is 390 g/mol.